The topological polar surface area (TPSA) is 45.8 Å². The molecule has 82 valence electrons. The molecule has 3 heteroatoms. The van der Waals surface area contributed by atoms with Crippen LogP contribution in [0.5, 0.6) is 0 Å². The van der Waals surface area contributed by atoms with E-state index in [1.165, 1.54) is 6.33 Å². The van der Waals surface area contributed by atoms with Gasteiger partial charge in [0.1, 0.15) is 0 Å². The summed E-state index contributed by atoms with van der Waals surface area (Å²) in [6.07, 6.45) is 1.42. The summed E-state index contributed by atoms with van der Waals surface area (Å²) in [5.41, 5.74) is 2.73. The zero-order chi connectivity index (χ0) is 11.7. The third-order valence-corrected chi connectivity index (χ3v) is 2.75. The van der Waals surface area contributed by atoms with Crippen LogP contribution in [0.4, 0.5) is 0 Å². The maximum atomic E-state index is 11.7. The van der Waals surface area contributed by atoms with Crippen LogP contribution in [0.25, 0.3) is 22.0 Å². The van der Waals surface area contributed by atoms with Crippen LogP contribution in [0, 0.1) is 0 Å². The highest BCUT2D eigenvalue weighted by atomic mass is 16.1. The van der Waals surface area contributed by atoms with Crippen LogP contribution in [0.15, 0.2) is 59.7 Å². The molecule has 0 saturated heterocycles. The fourth-order valence-electron chi connectivity index (χ4n) is 1.88. The number of fused-ring (bicyclic) bond motifs is 1. The van der Waals surface area contributed by atoms with E-state index in [9.17, 15) is 4.79 Å². The summed E-state index contributed by atoms with van der Waals surface area (Å²) in [6.45, 7) is 0. The summed E-state index contributed by atoms with van der Waals surface area (Å²) in [5.74, 6) is 0. The van der Waals surface area contributed by atoms with Crippen LogP contribution in [0.2, 0.25) is 0 Å². The third kappa shape index (κ3) is 1.72. The van der Waals surface area contributed by atoms with Crippen LogP contribution in [-0.4, -0.2) is 9.97 Å². The predicted octanol–water partition coefficient (Wildman–Crippen LogP) is 2.59. The molecule has 1 heterocycles. The van der Waals surface area contributed by atoms with Crippen molar-refractivity contribution in [3.05, 3.63) is 65.2 Å². The van der Waals surface area contributed by atoms with E-state index >= 15 is 0 Å². The quantitative estimate of drug-likeness (QED) is 0.687. The smallest absolute Gasteiger partial charge is 0.258 e. The summed E-state index contributed by atoms with van der Waals surface area (Å²) in [7, 11) is 0. The summed E-state index contributed by atoms with van der Waals surface area (Å²) in [5, 5.41) is 0.619. The number of H-pyrrole nitrogens is 1. The van der Waals surface area contributed by atoms with Crippen molar-refractivity contribution in [3.63, 3.8) is 0 Å². The van der Waals surface area contributed by atoms with Crippen LogP contribution in [-0.2, 0) is 0 Å². The van der Waals surface area contributed by atoms with Gasteiger partial charge in [0.25, 0.3) is 5.56 Å². The van der Waals surface area contributed by atoms with Crippen molar-refractivity contribution in [2.45, 2.75) is 0 Å². The van der Waals surface area contributed by atoms with Crippen molar-refractivity contribution >= 4 is 10.9 Å². The molecule has 0 amide bonds. The fraction of sp³-hybridized carbons (Fsp3) is 0. The van der Waals surface area contributed by atoms with Gasteiger partial charge in [0, 0.05) is 0 Å². The van der Waals surface area contributed by atoms with Gasteiger partial charge in [-0.15, -0.1) is 0 Å². The van der Waals surface area contributed by atoms with Crippen LogP contribution >= 0.6 is 0 Å². The fourth-order valence-corrected chi connectivity index (χ4v) is 1.88. The van der Waals surface area contributed by atoms with Gasteiger partial charge in [-0.05, 0) is 23.3 Å². The lowest BCUT2D eigenvalue weighted by molar-refractivity contribution is 1.17. The van der Waals surface area contributed by atoms with E-state index in [0.717, 1.165) is 11.1 Å². The number of aromatic nitrogens is 2. The first-order valence-corrected chi connectivity index (χ1v) is 5.37. The number of aromatic amines is 1. The van der Waals surface area contributed by atoms with E-state index in [0.29, 0.717) is 10.9 Å². The van der Waals surface area contributed by atoms with E-state index in [4.69, 9.17) is 0 Å². The number of rotatable bonds is 1. The summed E-state index contributed by atoms with van der Waals surface area (Å²) < 4.78 is 0. The van der Waals surface area contributed by atoms with Gasteiger partial charge in [-0.1, -0.05) is 36.4 Å². The lowest BCUT2D eigenvalue weighted by atomic mass is 10.0. The normalized spacial score (nSPS) is 10.6. The maximum Gasteiger partial charge on any atom is 0.258 e. The van der Waals surface area contributed by atoms with Crippen molar-refractivity contribution in [1.82, 2.24) is 9.97 Å². The molecule has 0 atom stereocenters. The van der Waals surface area contributed by atoms with Gasteiger partial charge < -0.3 is 4.98 Å². The van der Waals surface area contributed by atoms with E-state index in [1.807, 2.05) is 48.5 Å². The zero-order valence-electron chi connectivity index (χ0n) is 9.05. The monoisotopic (exact) mass is 222 g/mol. The van der Waals surface area contributed by atoms with Crippen molar-refractivity contribution in [2.24, 2.45) is 0 Å². The number of nitrogens with zero attached hydrogens (tertiary/aromatic N) is 1. The summed E-state index contributed by atoms with van der Waals surface area (Å²) in [6, 6.07) is 15.7. The molecule has 0 spiro atoms. The Hall–Kier alpha value is -2.42. The molecule has 2 aromatic carbocycles. The Kier molecular flexibility index (Phi) is 2.22. The van der Waals surface area contributed by atoms with E-state index in [-0.39, 0.29) is 5.56 Å². The number of benzene rings is 2. The molecule has 0 saturated carbocycles. The van der Waals surface area contributed by atoms with Gasteiger partial charge >= 0.3 is 0 Å². The summed E-state index contributed by atoms with van der Waals surface area (Å²) >= 11 is 0. The molecule has 0 aliphatic rings. The second kappa shape index (κ2) is 3.87. The van der Waals surface area contributed by atoms with Gasteiger partial charge in [0.05, 0.1) is 17.2 Å². The Labute approximate surface area is 97.8 Å². The average molecular weight is 222 g/mol. The van der Waals surface area contributed by atoms with E-state index < -0.39 is 0 Å². The second-order valence-electron chi connectivity index (χ2n) is 3.83. The first-order chi connectivity index (χ1) is 8.34. The van der Waals surface area contributed by atoms with Crippen LogP contribution < -0.4 is 5.56 Å². The molecule has 3 aromatic rings. The molecule has 0 bridgehead atoms. The third-order valence-electron chi connectivity index (χ3n) is 2.75. The summed E-state index contributed by atoms with van der Waals surface area (Å²) in [4.78, 5) is 18.4. The molecule has 0 radical (unpaired) electrons. The van der Waals surface area contributed by atoms with Gasteiger partial charge in [-0.25, -0.2) is 4.98 Å². The van der Waals surface area contributed by atoms with Crippen molar-refractivity contribution in [3.8, 4) is 11.1 Å². The Morgan fingerprint density at radius 1 is 0.941 bits per heavy atom. The Morgan fingerprint density at radius 2 is 1.76 bits per heavy atom. The maximum absolute atomic E-state index is 11.7. The van der Waals surface area contributed by atoms with Crippen LogP contribution in [0.3, 0.4) is 0 Å². The molecule has 0 aliphatic heterocycles. The Bertz CT molecular complexity index is 717. The highest BCUT2D eigenvalue weighted by molar-refractivity contribution is 5.83. The van der Waals surface area contributed by atoms with Crippen LogP contribution in [0.1, 0.15) is 0 Å². The first-order valence-electron chi connectivity index (χ1n) is 5.37. The average Bonchev–Trinajstić information content (AvgIpc) is 2.40. The minimum absolute atomic E-state index is 0.104. The highest BCUT2D eigenvalue weighted by Crippen LogP contribution is 2.21. The Balaban J connectivity index is 2.27. The van der Waals surface area contributed by atoms with Crippen molar-refractivity contribution in [1.29, 1.82) is 0 Å². The second-order valence-corrected chi connectivity index (χ2v) is 3.83. The van der Waals surface area contributed by atoms with Crippen molar-refractivity contribution < 1.29 is 0 Å². The molecule has 3 rings (SSSR count). The molecule has 17 heavy (non-hydrogen) atoms. The molecule has 1 N–H and O–H groups in total. The SMILES string of the molecule is O=c1[nH]cnc2ccc(-c3ccccc3)cc12. The molecular weight excluding hydrogens is 212 g/mol. The molecule has 3 nitrogen and oxygen atoms in total. The number of hydrogen-bond donors (Lipinski definition) is 1. The molecule has 0 unspecified atom stereocenters. The largest absolute Gasteiger partial charge is 0.313 e. The lowest BCUT2D eigenvalue weighted by Crippen LogP contribution is -2.05. The molecule has 0 fully saturated rings. The minimum Gasteiger partial charge on any atom is -0.313 e. The van der Waals surface area contributed by atoms with Gasteiger partial charge in [-0.2, -0.15) is 0 Å². The van der Waals surface area contributed by atoms with Gasteiger partial charge in [0.15, 0.2) is 0 Å². The van der Waals surface area contributed by atoms with Crippen molar-refractivity contribution in [2.75, 3.05) is 0 Å². The number of nitrogens with one attached hydrogen (secondary N) is 1. The van der Waals surface area contributed by atoms with E-state index in [2.05, 4.69) is 9.97 Å². The number of hydrogen-bond acceptors (Lipinski definition) is 2. The lowest BCUT2D eigenvalue weighted by Gasteiger charge is -2.02. The molecule has 0 aliphatic carbocycles. The first kappa shape index (κ1) is 9.78. The standard InChI is InChI=1S/C14H10N2O/c17-14-12-8-11(10-4-2-1-3-5-10)6-7-13(12)15-9-16-14/h1-9H,(H,15,16,17). The predicted molar refractivity (Wildman–Crippen MR) is 67.8 cm³/mol. The highest BCUT2D eigenvalue weighted by Gasteiger charge is 2.02. The van der Waals surface area contributed by atoms with Gasteiger partial charge in [0.2, 0.25) is 0 Å². The van der Waals surface area contributed by atoms with E-state index in [1.54, 1.807) is 0 Å². The Morgan fingerprint density at radius 3 is 2.59 bits per heavy atom. The molecule has 1 aromatic heterocycles. The van der Waals surface area contributed by atoms with Gasteiger partial charge in [-0.3, -0.25) is 4.79 Å². The minimum atomic E-state index is -0.104. The zero-order valence-corrected chi connectivity index (χ0v) is 9.05. The molecular formula is C14H10N2O.